The molecule has 2 N–H and O–H groups in total. The van der Waals surface area contributed by atoms with Crippen LogP contribution in [-0.2, 0) is 6.61 Å². The van der Waals surface area contributed by atoms with E-state index in [4.69, 9.17) is 27.4 Å². The number of nitrogens with two attached hydrogens (primary N) is 1. The third-order valence-corrected chi connectivity index (χ3v) is 2.97. The van der Waals surface area contributed by atoms with Gasteiger partial charge in [0.2, 0.25) is 0 Å². The van der Waals surface area contributed by atoms with Gasteiger partial charge in [0.05, 0.1) is 7.11 Å². The molecule has 0 unspecified atom stereocenters. The number of hydrogen-bond acceptors (Lipinski definition) is 4. The van der Waals surface area contributed by atoms with Gasteiger partial charge in [-0.05, 0) is 30.7 Å². The van der Waals surface area contributed by atoms with E-state index in [0.717, 1.165) is 16.7 Å². The van der Waals surface area contributed by atoms with Crippen molar-refractivity contribution < 1.29 is 9.47 Å². The number of methoxy groups -OCH3 is 1. The number of nitrogens with zero attached hydrogens (tertiary/aromatic N) is 1. The summed E-state index contributed by atoms with van der Waals surface area (Å²) in [5, 5.41) is 0. The summed E-state index contributed by atoms with van der Waals surface area (Å²) in [5.74, 6) is 1.32. The molecule has 0 amide bonds. The molecule has 0 atom stereocenters. The van der Waals surface area contributed by atoms with Crippen molar-refractivity contribution in [3.8, 4) is 11.5 Å². The van der Waals surface area contributed by atoms with Crippen LogP contribution in [0.15, 0.2) is 36.7 Å². The van der Waals surface area contributed by atoms with Gasteiger partial charge in [-0.25, -0.2) is 0 Å². The number of ether oxygens (including phenoxy) is 2. The Bertz CT molecular complexity index is 629. The van der Waals surface area contributed by atoms with Gasteiger partial charge in [-0.2, -0.15) is 0 Å². The molecule has 1 aromatic carbocycles. The van der Waals surface area contributed by atoms with Crippen molar-refractivity contribution in [2.24, 2.45) is 5.73 Å². The Morgan fingerprint density at radius 1 is 1.20 bits per heavy atom. The lowest BCUT2D eigenvalue weighted by Crippen LogP contribution is -2.09. The zero-order valence-electron chi connectivity index (χ0n) is 11.4. The Kier molecular flexibility index (Phi) is 4.53. The monoisotopic (exact) mass is 288 g/mol. The van der Waals surface area contributed by atoms with E-state index >= 15 is 0 Å². The molecule has 0 aliphatic carbocycles. The molecule has 0 saturated heterocycles. The van der Waals surface area contributed by atoms with E-state index in [0.29, 0.717) is 23.1 Å². The number of thiocarbonyl (C=S) groups is 1. The molecule has 0 spiro atoms. The maximum atomic E-state index is 5.75. The molecule has 0 saturated carbocycles. The Morgan fingerprint density at radius 3 is 2.60 bits per heavy atom. The fraction of sp³-hybridized carbons (Fsp3) is 0.200. The van der Waals surface area contributed by atoms with Gasteiger partial charge >= 0.3 is 0 Å². The van der Waals surface area contributed by atoms with Crippen molar-refractivity contribution in [2.75, 3.05) is 7.11 Å². The maximum absolute atomic E-state index is 5.75. The average Bonchev–Trinajstić information content (AvgIpc) is 2.45. The first-order chi connectivity index (χ1) is 9.58. The van der Waals surface area contributed by atoms with Crippen LogP contribution in [0.2, 0.25) is 0 Å². The summed E-state index contributed by atoms with van der Waals surface area (Å²) in [6, 6.07) is 7.41. The molecule has 0 aliphatic heterocycles. The predicted molar refractivity (Wildman–Crippen MR) is 82.2 cm³/mol. The lowest BCUT2D eigenvalue weighted by molar-refractivity contribution is 0.303. The Labute approximate surface area is 123 Å². The highest BCUT2D eigenvalue weighted by Gasteiger charge is 2.05. The molecule has 4 nitrogen and oxygen atoms in total. The summed E-state index contributed by atoms with van der Waals surface area (Å²) in [5.41, 5.74) is 8.46. The quantitative estimate of drug-likeness (QED) is 0.857. The molecule has 2 aromatic rings. The molecule has 0 radical (unpaired) electrons. The number of benzene rings is 1. The Balaban J connectivity index is 2.16. The van der Waals surface area contributed by atoms with E-state index in [1.165, 1.54) is 0 Å². The number of aromatic nitrogens is 1. The molecule has 1 aromatic heterocycles. The number of pyridine rings is 1. The van der Waals surface area contributed by atoms with Gasteiger partial charge in [0.25, 0.3) is 0 Å². The summed E-state index contributed by atoms with van der Waals surface area (Å²) in [4.78, 5) is 4.44. The van der Waals surface area contributed by atoms with E-state index in [2.05, 4.69) is 4.98 Å². The van der Waals surface area contributed by atoms with E-state index in [9.17, 15) is 0 Å². The second-order valence-electron chi connectivity index (χ2n) is 4.42. The number of hydrogen-bond donors (Lipinski definition) is 1. The van der Waals surface area contributed by atoms with E-state index < -0.39 is 0 Å². The first-order valence-corrected chi connectivity index (χ1v) is 6.51. The highest BCUT2D eigenvalue weighted by molar-refractivity contribution is 7.80. The van der Waals surface area contributed by atoms with Gasteiger partial charge in [0, 0.05) is 29.6 Å². The standard InChI is InChI=1S/C15H16N2O2S/c1-10-3-11(8-17-7-10)9-19-14-5-12(15(16)20)4-13(6-14)18-2/h3-8H,9H2,1-2H3,(H2,16,20). The van der Waals surface area contributed by atoms with Crippen LogP contribution in [0.4, 0.5) is 0 Å². The largest absolute Gasteiger partial charge is 0.497 e. The zero-order chi connectivity index (χ0) is 14.5. The summed E-state index contributed by atoms with van der Waals surface area (Å²) in [7, 11) is 1.59. The lowest BCUT2D eigenvalue weighted by atomic mass is 10.2. The van der Waals surface area contributed by atoms with Crippen LogP contribution in [0.5, 0.6) is 11.5 Å². The van der Waals surface area contributed by atoms with Crippen LogP contribution in [0.1, 0.15) is 16.7 Å². The molecule has 2 rings (SSSR count). The van der Waals surface area contributed by atoms with Crippen LogP contribution in [0, 0.1) is 6.92 Å². The van der Waals surface area contributed by atoms with Gasteiger partial charge < -0.3 is 15.2 Å². The molecule has 104 valence electrons. The molecular weight excluding hydrogens is 272 g/mol. The Hall–Kier alpha value is -2.14. The SMILES string of the molecule is COc1cc(OCc2cncc(C)c2)cc(C(N)=S)c1. The minimum absolute atomic E-state index is 0.311. The highest BCUT2D eigenvalue weighted by Crippen LogP contribution is 2.23. The topological polar surface area (TPSA) is 57.4 Å². The van der Waals surface area contributed by atoms with Crippen molar-refractivity contribution in [3.63, 3.8) is 0 Å². The van der Waals surface area contributed by atoms with Crippen LogP contribution < -0.4 is 15.2 Å². The van der Waals surface area contributed by atoms with Crippen molar-refractivity contribution in [1.82, 2.24) is 4.98 Å². The van der Waals surface area contributed by atoms with Gasteiger partial charge in [-0.1, -0.05) is 12.2 Å². The highest BCUT2D eigenvalue weighted by atomic mass is 32.1. The molecule has 0 fully saturated rings. The first-order valence-electron chi connectivity index (χ1n) is 6.10. The fourth-order valence-corrected chi connectivity index (χ4v) is 1.90. The normalized spacial score (nSPS) is 10.1. The Morgan fingerprint density at radius 2 is 1.95 bits per heavy atom. The smallest absolute Gasteiger partial charge is 0.124 e. The zero-order valence-corrected chi connectivity index (χ0v) is 12.2. The van der Waals surface area contributed by atoms with Crippen LogP contribution in [0.25, 0.3) is 0 Å². The number of rotatable bonds is 5. The predicted octanol–water partition coefficient (Wildman–Crippen LogP) is 2.61. The second kappa shape index (κ2) is 6.34. The van der Waals surface area contributed by atoms with E-state index in [1.54, 1.807) is 37.7 Å². The molecular formula is C15H16N2O2S. The summed E-state index contributed by atoms with van der Waals surface area (Å²) in [6.07, 6.45) is 3.58. The van der Waals surface area contributed by atoms with Crippen LogP contribution in [0.3, 0.4) is 0 Å². The summed E-state index contributed by atoms with van der Waals surface area (Å²) < 4.78 is 11.0. The molecule has 1 heterocycles. The van der Waals surface area contributed by atoms with Crippen molar-refractivity contribution in [2.45, 2.75) is 13.5 Å². The third kappa shape index (κ3) is 3.68. The van der Waals surface area contributed by atoms with Crippen LogP contribution in [-0.4, -0.2) is 17.1 Å². The maximum Gasteiger partial charge on any atom is 0.124 e. The van der Waals surface area contributed by atoms with Gasteiger partial charge in [0.1, 0.15) is 23.1 Å². The fourth-order valence-electron chi connectivity index (χ4n) is 1.78. The molecule has 0 aliphatic rings. The van der Waals surface area contributed by atoms with Crippen molar-refractivity contribution in [3.05, 3.63) is 53.3 Å². The van der Waals surface area contributed by atoms with Crippen LogP contribution >= 0.6 is 12.2 Å². The summed E-state index contributed by atoms with van der Waals surface area (Å²) >= 11 is 4.98. The van der Waals surface area contributed by atoms with Gasteiger partial charge in [-0.15, -0.1) is 0 Å². The van der Waals surface area contributed by atoms with Gasteiger partial charge in [0.15, 0.2) is 0 Å². The van der Waals surface area contributed by atoms with E-state index in [1.807, 2.05) is 13.0 Å². The lowest BCUT2D eigenvalue weighted by Gasteiger charge is -2.10. The first kappa shape index (κ1) is 14.3. The minimum Gasteiger partial charge on any atom is -0.497 e. The van der Waals surface area contributed by atoms with Crippen molar-refractivity contribution in [1.29, 1.82) is 0 Å². The average molecular weight is 288 g/mol. The van der Waals surface area contributed by atoms with Gasteiger partial charge in [-0.3, -0.25) is 4.98 Å². The minimum atomic E-state index is 0.311. The molecule has 20 heavy (non-hydrogen) atoms. The van der Waals surface area contributed by atoms with E-state index in [-0.39, 0.29) is 0 Å². The second-order valence-corrected chi connectivity index (χ2v) is 4.86. The summed E-state index contributed by atoms with van der Waals surface area (Å²) in [6.45, 7) is 2.42. The third-order valence-electron chi connectivity index (χ3n) is 2.74. The number of aryl methyl sites for hydroxylation is 1. The molecule has 0 bridgehead atoms. The molecule has 5 heteroatoms. The van der Waals surface area contributed by atoms with Crippen molar-refractivity contribution >= 4 is 17.2 Å².